The molecule has 0 radical (unpaired) electrons. The number of halogens is 1. The van der Waals surface area contributed by atoms with Crippen molar-refractivity contribution >= 4 is 0 Å². The van der Waals surface area contributed by atoms with Gasteiger partial charge in [-0.3, -0.25) is 0 Å². The van der Waals surface area contributed by atoms with Gasteiger partial charge in [0, 0.05) is 5.70 Å². The van der Waals surface area contributed by atoms with Gasteiger partial charge in [0.05, 0.1) is 0 Å². The van der Waals surface area contributed by atoms with Crippen molar-refractivity contribution in [3.05, 3.63) is 36.8 Å². The minimum atomic E-state index is -0.517. The first-order valence-electron chi connectivity index (χ1n) is 2.10. The molecule has 0 unspecified atom stereocenters. The van der Waals surface area contributed by atoms with Crippen LogP contribution in [-0.2, 0) is 0 Å². The van der Waals surface area contributed by atoms with Gasteiger partial charge in [0.2, 0.25) is 0 Å². The third kappa shape index (κ3) is 4.95. The fourth-order valence-corrected chi connectivity index (χ4v) is 0.197. The smallest absolute Gasteiger partial charge is 0.116 e. The molecule has 0 aromatic carbocycles. The predicted octanol–water partition coefficient (Wildman–Crippen LogP) is 1.50. The lowest BCUT2D eigenvalue weighted by Crippen LogP contribution is -1.87. The van der Waals surface area contributed by atoms with Crippen molar-refractivity contribution in [2.45, 2.75) is 0 Å². The maximum Gasteiger partial charge on any atom is 0.116 e. The highest BCUT2D eigenvalue weighted by Crippen LogP contribution is 1.93. The zero-order valence-corrected chi connectivity index (χ0v) is 4.52. The molecular formula is C6H8FN. The zero-order valence-electron chi connectivity index (χ0n) is 4.52. The maximum absolute atomic E-state index is 11.7. The molecule has 2 N–H and O–H groups in total. The topological polar surface area (TPSA) is 26.0 Å². The quantitative estimate of drug-likeness (QED) is 0.539. The summed E-state index contributed by atoms with van der Waals surface area (Å²) in [6, 6.07) is 0. The van der Waals surface area contributed by atoms with Gasteiger partial charge < -0.3 is 5.73 Å². The van der Waals surface area contributed by atoms with Gasteiger partial charge in [-0.25, -0.2) is 4.39 Å². The van der Waals surface area contributed by atoms with E-state index < -0.39 is 5.83 Å². The molecule has 0 saturated heterocycles. The summed E-state index contributed by atoms with van der Waals surface area (Å²) >= 11 is 0. The van der Waals surface area contributed by atoms with Crippen LogP contribution in [0.5, 0.6) is 0 Å². The van der Waals surface area contributed by atoms with E-state index in [2.05, 4.69) is 13.2 Å². The highest BCUT2D eigenvalue weighted by Gasteiger charge is 1.76. The van der Waals surface area contributed by atoms with Crippen LogP contribution in [-0.4, -0.2) is 0 Å². The summed E-state index contributed by atoms with van der Waals surface area (Å²) in [5.74, 6) is -0.517. The molecule has 0 bridgehead atoms. The summed E-state index contributed by atoms with van der Waals surface area (Å²) in [6.07, 6.45) is 2.50. The summed E-state index contributed by atoms with van der Waals surface area (Å²) in [6.45, 7) is 6.29. The van der Waals surface area contributed by atoms with Crippen LogP contribution in [0, 0.1) is 0 Å². The molecule has 0 amide bonds. The van der Waals surface area contributed by atoms with Gasteiger partial charge in [-0.05, 0) is 12.2 Å². The van der Waals surface area contributed by atoms with E-state index in [1.165, 1.54) is 6.08 Å². The summed E-state index contributed by atoms with van der Waals surface area (Å²) < 4.78 is 11.7. The summed E-state index contributed by atoms with van der Waals surface area (Å²) in [5.41, 5.74) is 5.37. The first-order chi connectivity index (χ1) is 3.63. The maximum atomic E-state index is 11.7. The third-order valence-electron chi connectivity index (χ3n) is 0.478. The van der Waals surface area contributed by atoms with Crippen molar-refractivity contribution in [2.75, 3.05) is 0 Å². The van der Waals surface area contributed by atoms with Crippen LogP contribution in [0.25, 0.3) is 0 Å². The molecule has 2 heteroatoms. The third-order valence-corrected chi connectivity index (χ3v) is 0.478. The molecule has 0 fully saturated rings. The minimum Gasteiger partial charge on any atom is -0.399 e. The van der Waals surface area contributed by atoms with Crippen LogP contribution in [0.4, 0.5) is 4.39 Å². The lowest BCUT2D eigenvalue weighted by atomic mass is 10.4. The monoisotopic (exact) mass is 113 g/mol. The van der Waals surface area contributed by atoms with Crippen molar-refractivity contribution in [1.82, 2.24) is 0 Å². The molecule has 0 aliphatic rings. The molecular weight excluding hydrogens is 105 g/mol. The number of hydrogen-bond acceptors (Lipinski definition) is 1. The Balaban J connectivity index is 3.67. The largest absolute Gasteiger partial charge is 0.399 e. The van der Waals surface area contributed by atoms with E-state index in [1.54, 1.807) is 0 Å². The van der Waals surface area contributed by atoms with Crippen molar-refractivity contribution in [3.8, 4) is 0 Å². The van der Waals surface area contributed by atoms with Crippen LogP contribution < -0.4 is 5.73 Å². The molecule has 0 aliphatic carbocycles. The van der Waals surface area contributed by atoms with E-state index >= 15 is 0 Å². The first kappa shape index (κ1) is 6.95. The van der Waals surface area contributed by atoms with Crippen LogP contribution in [0.3, 0.4) is 0 Å². The molecule has 0 rings (SSSR count). The van der Waals surface area contributed by atoms with Crippen molar-refractivity contribution in [2.24, 2.45) is 5.73 Å². The molecule has 0 aliphatic heterocycles. The summed E-state index contributed by atoms with van der Waals surface area (Å²) in [7, 11) is 0. The number of allylic oxidation sites excluding steroid dienone is 3. The van der Waals surface area contributed by atoms with Gasteiger partial charge in [-0.2, -0.15) is 0 Å². The molecule has 44 valence electrons. The van der Waals surface area contributed by atoms with E-state index in [1.807, 2.05) is 0 Å². The minimum absolute atomic E-state index is 0.323. The molecule has 0 heterocycles. The highest BCUT2D eigenvalue weighted by molar-refractivity contribution is 5.17. The second-order valence-electron chi connectivity index (χ2n) is 1.36. The summed E-state index contributed by atoms with van der Waals surface area (Å²) in [5, 5.41) is 0. The van der Waals surface area contributed by atoms with Crippen LogP contribution in [0.1, 0.15) is 0 Å². The second kappa shape index (κ2) is 3.02. The van der Waals surface area contributed by atoms with Gasteiger partial charge in [0.1, 0.15) is 5.83 Å². The first-order valence-corrected chi connectivity index (χ1v) is 2.10. The van der Waals surface area contributed by atoms with E-state index in [9.17, 15) is 4.39 Å². The Hall–Kier alpha value is -1.05. The van der Waals surface area contributed by atoms with Crippen molar-refractivity contribution in [1.29, 1.82) is 0 Å². The normalized spacial score (nSPS) is 9.62. The van der Waals surface area contributed by atoms with Crippen molar-refractivity contribution in [3.63, 3.8) is 0 Å². The van der Waals surface area contributed by atoms with Gasteiger partial charge >= 0.3 is 0 Å². The Morgan fingerprint density at radius 2 is 1.88 bits per heavy atom. The van der Waals surface area contributed by atoms with Crippen LogP contribution in [0.2, 0.25) is 0 Å². The van der Waals surface area contributed by atoms with E-state index in [4.69, 9.17) is 5.73 Å². The highest BCUT2D eigenvalue weighted by atomic mass is 19.1. The Morgan fingerprint density at radius 1 is 1.38 bits per heavy atom. The lowest BCUT2D eigenvalue weighted by Gasteiger charge is -1.82. The SMILES string of the molecule is C=C(N)/C=C\C(=C)F. The van der Waals surface area contributed by atoms with Crippen molar-refractivity contribution < 1.29 is 4.39 Å². The Bertz CT molecular complexity index is 119. The van der Waals surface area contributed by atoms with Gasteiger partial charge in [-0.1, -0.05) is 13.2 Å². The Labute approximate surface area is 48.0 Å². The van der Waals surface area contributed by atoms with Crippen LogP contribution >= 0.6 is 0 Å². The van der Waals surface area contributed by atoms with E-state index in [0.717, 1.165) is 6.08 Å². The standard InChI is InChI=1S/C6H8FN/c1-5(7)3-4-6(2)8/h3-4H,1-2,8H2/b4-3-. The van der Waals surface area contributed by atoms with Gasteiger partial charge in [0.15, 0.2) is 0 Å². The fourth-order valence-electron chi connectivity index (χ4n) is 0.197. The lowest BCUT2D eigenvalue weighted by molar-refractivity contribution is 0.671. The van der Waals surface area contributed by atoms with E-state index in [0.29, 0.717) is 5.70 Å². The van der Waals surface area contributed by atoms with Gasteiger partial charge in [0.25, 0.3) is 0 Å². The fraction of sp³-hybridized carbons (Fsp3) is 0. The number of hydrogen-bond donors (Lipinski definition) is 1. The van der Waals surface area contributed by atoms with Crippen LogP contribution in [0.15, 0.2) is 36.8 Å². The van der Waals surface area contributed by atoms with E-state index in [-0.39, 0.29) is 0 Å². The molecule has 0 aromatic rings. The Kier molecular flexibility index (Phi) is 2.62. The molecule has 0 saturated carbocycles. The average molecular weight is 113 g/mol. The summed E-state index contributed by atoms with van der Waals surface area (Å²) in [4.78, 5) is 0. The second-order valence-corrected chi connectivity index (χ2v) is 1.36. The molecule has 0 aromatic heterocycles. The molecule has 0 atom stereocenters. The molecule has 8 heavy (non-hydrogen) atoms. The van der Waals surface area contributed by atoms with Gasteiger partial charge in [-0.15, -0.1) is 0 Å². The molecule has 1 nitrogen and oxygen atoms in total. The average Bonchev–Trinajstić information content (AvgIpc) is 1.61. The zero-order chi connectivity index (χ0) is 6.57. The Morgan fingerprint density at radius 3 is 2.00 bits per heavy atom. The number of rotatable bonds is 2. The number of nitrogens with two attached hydrogens (primary N) is 1. The molecule has 0 spiro atoms. The predicted molar refractivity (Wildman–Crippen MR) is 32.7 cm³/mol.